The molecule has 1 aromatic rings. The average Bonchev–Trinajstić information content (AvgIpc) is 2.52. The molecule has 0 saturated carbocycles. The Morgan fingerprint density at radius 2 is 1.91 bits per heavy atom. The molecule has 0 unspecified atom stereocenters. The first-order chi connectivity index (χ1) is 10.6. The molecule has 1 aliphatic rings. The van der Waals surface area contributed by atoms with E-state index in [9.17, 15) is 9.59 Å². The third-order valence-corrected chi connectivity index (χ3v) is 3.36. The van der Waals surface area contributed by atoms with E-state index in [0.717, 1.165) is 6.42 Å². The van der Waals surface area contributed by atoms with Crippen molar-refractivity contribution in [2.75, 3.05) is 31.6 Å². The van der Waals surface area contributed by atoms with E-state index < -0.39 is 0 Å². The van der Waals surface area contributed by atoms with Crippen LogP contribution in [0.15, 0.2) is 18.2 Å². The maximum atomic E-state index is 12.1. The maximum absolute atomic E-state index is 12.1. The smallest absolute Gasteiger partial charge is 0.243 e. The number of fused-ring (bicyclic) bond motifs is 1. The highest BCUT2D eigenvalue weighted by molar-refractivity contribution is 5.94. The molecule has 1 aliphatic heterocycles. The van der Waals surface area contributed by atoms with E-state index in [0.29, 0.717) is 43.4 Å². The molecule has 6 heteroatoms. The van der Waals surface area contributed by atoms with Gasteiger partial charge in [0.05, 0.1) is 6.54 Å². The number of nitrogens with one attached hydrogen (secondary N) is 1. The monoisotopic (exact) mass is 306 g/mol. The van der Waals surface area contributed by atoms with Gasteiger partial charge in [0, 0.05) is 24.7 Å². The van der Waals surface area contributed by atoms with Crippen molar-refractivity contribution in [1.82, 2.24) is 4.90 Å². The number of amides is 2. The van der Waals surface area contributed by atoms with Crippen LogP contribution in [0.4, 0.5) is 5.69 Å². The van der Waals surface area contributed by atoms with Crippen LogP contribution in [-0.2, 0) is 9.59 Å². The number of hydrogen-bond donors (Lipinski definition) is 1. The predicted molar refractivity (Wildman–Crippen MR) is 83.2 cm³/mol. The zero-order valence-electron chi connectivity index (χ0n) is 13.1. The summed E-state index contributed by atoms with van der Waals surface area (Å²) in [6.07, 6.45) is 1.24. The van der Waals surface area contributed by atoms with E-state index in [4.69, 9.17) is 9.47 Å². The third-order valence-electron chi connectivity index (χ3n) is 3.36. The first-order valence-electron chi connectivity index (χ1n) is 7.61. The van der Waals surface area contributed by atoms with Gasteiger partial charge in [-0.15, -0.1) is 0 Å². The first kappa shape index (κ1) is 16.1. The van der Waals surface area contributed by atoms with Crippen LogP contribution in [-0.4, -0.2) is 43.0 Å². The molecule has 2 amide bonds. The fourth-order valence-electron chi connectivity index (χ4n) is 2.24. The topological polar surface area (TPSA) is 67.9 Å². The predicted octanol–water partition coefficient (Wildman–Crippen LogP) is 2.04. The van der Waals surface area contributed by atoms with Gasteiger partial charge in [-0.3, -0.25) is 9.59 Å². The van der Waals surface area contributed by atoms with Gasteiger partial charge in [0.1, 0.15) is 13.2 Å². The minimum absolute atomic E-state index is 0.00215. The molecule has 22 heavy (non-hydrogen) atoms. The van der Waals surface area contributed by atoms with Crippen molar-refractivity contribution >= 4 is 17.5 Å². The number of likely N-dealkylation sites (N-methyl/N-ethyl adjacent to an activating group) is 1. The lowest BCUT2D eigenvalue weighted by Gasteiger charge is -2.21. The van der Waals surface area contributed by atoms with E-state index >= 15 is 0 Å². The van der Waals surface area contributed by atoms with Crippen LogP contribution in [0.1, 0.15) is 26.7 Å². The summed E-state index contributed by atoms with van der Waals surface area (Å²) in [6, 6.07) is 5.26. The normalized spacial score (nSPS) is 12.6. The summed E-state index contributed by atoms with van der Waals surface area (Å²) in [5.74, 6) is 1.08. The molecule has 0 saturated heterocycles. The second-order valence-corrected chi connectivity index (χ2v) is 5.06. The Labute approximate surface area is 130 Å². The number of carbonyl (C=O) groups excluding carboxylic acids is 2. The van der Waals surface area contributed by atoms with Crippen molar-refractivity contribution in [3.8, 4) is 11.5 Å². The summed E-state index contributed by atoms with van der Waals surface area (Å²) in [5, 5.41) is 2.79. The quantitative estimate of drug-likeness (QED) is 0.873. The SMILES string of the molecule is CCCC(=O)N(CC)CC(=O)Nc1ccc2c(c1)OCCO2. The van der Waals surface area contributed by atoms with Gasteiger partial charge in [-0.25, -0.2) is 0 Å². The molecule has 6 nitrogen and oxygen atoms in total. The summed E-state index contributed by atoms with van der Waals surface area (Å²) in [7, 11) is 0. The van der Waals surface area contributed by atoms with Gasteiger partial charge in [0.25, 0.3) is 0 Å². The van der Waals surface area contributed by atoms with Gasteiger partial charge in [0.2, 0.25) is 11.8 Å². The molecule has 0 radical (unpaired) electrons. The van der Waals surface area contributed by atoms with E-state index in [1.807, 2.05) is 13.8 Å². The Morgan fingerprint density at radius 3 is 2.59 bits per heavy atom. The van der Waals surface area contributed by atoms with Crippen LogP contribution in [0.25, 0.3) is 0 Å². The summed E-state index contributed by atoms with van der Waals surface area (Å²) in [4.78, 5) is 25.5. The van der Waals surface area contributed by atoms with Crippen molar-refractivity contribution in [2.45, 2.75) is 26.7 Å². The fourth-order valence-corrected chi connectivity index (χ4v) is 2.24. The summed E-state index contributed by atoms with van der Waals surface area (Å²) < 4.78 is 10.9. The second kappa shape index (κ2) is 7.68. The molecule has 0 aromatic heterocycles. The molecule has 2 rings (SSSR count). The molecule has 0 fully saturated rings. The lowest BCUT2D eigenvalue weighted by molar-refractivity contribution is -0.134. The van der Waals surface area contributed by atoms with Crippen molar-refractivity contribution < 1.29 is 19.1 Å². The standard InChI is InChI=1S/C16H22N2O4/c1-3-5-16(20)18(4-2)11-15(19)17-12-6-7-13-14(10-12)22-9-8-21-13/h6-7,10H,3-5,8-9,11H2,1-2H3,(H,17,19). The Morgan fingerprint density at radius 1 is 1.18 bits per heavy atom. The van der Waals surface area contributed by atoms with E-state index in [1.54, 1.807) is 23.1 Å². The molecule has 1 N–H and O–H groups in total. The molecule has 1 aromatic carbocycles. The number of carbonyl (C=O) groups is 2. The zero-order valence-corrected chi connectivity index (χ0v) is 13.1. The van der Waals surface area contributed by atoms with Crippen molar-refractivity contribution in [3.63, 3.8) is 0 Å². The van der Waals surface area contributed by atoms with Gasteiger partial charge in [-0.2, -0.15) is 0 Å². The number of benzene rings is 1. The second-order valence-electron chi connectivity index (χ2n) is 5.06. The molecule has 1 heterocycles. The first-order valence-corrected chi connectivity index (χ1v) is 7.61. The maximum Gasteiger partial charge on any atom is 0.243 e. The fraction of sp³-hybridized carbons (Fsp3) is 0.500. The number of hydrogen-bond acceptors (Lipinski definition) is 4. The van der Waals surface area contributed by atoms with E-state index in [1.165, 1.54) is 0 Å². The number of rotatable bonds is 6. The van der Waals surface area contributed by atoms with Crippen LogP contribution in [0.3, 0.4) is 0 Å². The van der Waals surface area contributed by atoms with Crippen LogP contribution in [0.2, 0.25) is 0 Å². The molecule has 0 aliphatic carbocycles. The number of ether oxygens (including phenoxy) is 2. The number of anilines is 1. The lowest BCUT2D eigenvalue weighted by atomic mass is 10.2. The summed E-state index contributed by atoms with van der Waals surface area (Å²) >= 11 is 0. The van der Waals surface area contributed by atoms with Crippen molar-refractivity contribution in [1.29, 1.82) is 0 Å². The average molecular weight is 306 g/mol. The zero-order chi connectivity index (χ0) is 15.9. The highest BCUT2D eigenvalue weighted by atomic mass is 16.6. The van der Waals surface area contributed by atoms with E-state index in [2.05, 4.69) is 5.32 Å². The largest absolute Gasteiger partial charge is 0.486 e. The van der Waals surface area contributed by atoms with Crippen LogP contribution < -0.4 is 14.8 Å². The van der Waals surface area contributed by atoms with Crippen LogP contribution in [0.5, 0.6) is 11.5 Å². The third kappa shape index (κ3) is 4.13. The van der Waals surface area contributed by atoms with Crippen LogP contribution >= 0.6 is 0 Å². The molecule has 0 spiro atoms. The van der Waals surface area contributed by atoms with Gasteiger partial charge in [-0.1, -0.05) is 6.92 Å². The van der Waals surface area contributed by atoms with Crippen LogP contribution in [0, 0.1) is 0 Å². The highest BCUT2D eigenvalue weighted by Gasteiger charge is 2.16. The minimum Gasteiger partial charge on any atom is -0.486 e. The molecule has 120 valence electrons. The Hall–Kier alpha value is -2.24. The van der Waals surface area contributed by atoms with Gasteiger partial charge in [-0.05, 0) is 25.5 Å². The number of nitrogens with zero attached hydrogens (tertiary/aromatic N) is 1. The lowest BCUT2D eigenvalue weighted by Crippen LogP contribution is -2.37. The minimum atomic E-state index is -0.219. The van der Waals surface area contributed by atoms with Crippen molar-refractivity contribution in [3.05, 3.63) is 18.2 Å². The molecular weight excluding hydrogens is 284 g/mol. The Bertz CT molecular complexity index is 545. The van der Waals surface area contributed by atoms with Gasteiger partial charge in [0.15, 0.2) is 11.5 Å². The summed E-state index contributed by atoms with van der Waals surface area (Å²) in [5.41, 5.74) is 0.633. The Kier molecular flexibility index (Phi) is 5.63. The molecular formula is C16H22N2O4. The Balaban J connectivity index is 1.95. The summed E-state index contributed by atoms with van der Waals surface area (Å²) in [6.45, 7) is 5.42. The molecule has 0 bridgehead atoms. The highest BCUT2D eigenvalue weighted by Crippen LogP contribution is 2.32. The van der Waals surface area contributed by atoms with Gasteiger partial charge >= 0.3 is 0 Å². The van der Waals surface area contributed by atoms with E-state index in [-0.39, 0.29) is 18.4 Å². The molecule has 0 atom stereocenters. The van der Waals surface area contributed by atoms with Gasteiger partial charge < -0.3 is 19.7 Å². The van der Waals surface area contributed by atoms with Crippen molar-refractivity contribution in [2.24, 2.45) is 0 Å².